The van der Waals surface area contributed by atoms with Crippen molar-refractivity contribution in [3.8, 4) is 0 Å². The molecule has 26 heavy (non-hydrogen) atoms. The van der Waals surface area contributed by atoms with Gasteiger partial charge in [0.05, 0.1) is 29.2 Å². The number of nitrogens with one attached hydrogen (secondary N) is 2. The first-order valence-corrected chi connectivity index (χ1v) is 10.9. The standard InChI is InChI=1S/C17H26N4O4S/c1-11-3-6-21(7-4-11)17-19-14(9-15(22)20-17)12(2)18-16(23)13-5-8-26(24,25)10-13/h9,11-13H,3-8,10H2,1-2H3,(H,18,23)(H,19,20,22)/t12-,13+/m0/s1. The van der Waals surface area contributed by atoms with Gasteiger partial charge in [0.1, 0.15) is 0 Å². The van der Waals surface area contributed by atoms with Crippen LogP contribution in [0.1, 0.15) is 44.8 Å². The Balaban J connectivity index is 1.70. The summed E-state index contributed by atoms with van der Waals surface area (Å²) in [4.78, 5) is 33.7. The number of hydrogen-bond acceptors (Lipinski definition) is 6. The number of hydrogen-bond donors (Lipinski definition) is 2. The molecule has 0 radical (unpaired) electrons. The highest BCUT2D eigenvalue weighted by molar-refractivity contribution is 7.91. The van der Waals surface area contributed by atoms with E-state index in [9.17, 15) is 18.0 Å². The third kappa shape index (κ3) is 4.44. The molecule has 0 spiro atoms. The van der Waals surface area contributed by atoms with E-state index in [1.807, 2.05) is 0 Å². The third-order valence-electron chi connectivity index (χ3n) is 5.24. The Morgan fingerprint density at radius 1 is 1.35 bits per heavy atom. The van der Waals surface area contributed by atoms with Gasteiger partial charge in [0.2, 0.25) is 11.9 Å². The fourth-order valence-electron chi connectivity index (χ4n) is 3.46. The number of piperidine rings is 1. The van der Waals surface area contributed by atoms with Crippen LogP contribution in [0.2, 0.25) is 0 Å². The van der Waals surface area contributed by atoms with Crippen LogP contribution in [0.5, 0.6) is 0 Å². The smallest absolute Gasteiger partial charge is 0.252 e. The Morgan fingerprint density at radius 3 is 2.65 bits per heavy atom. The van der Waals surface area contributed by atoms with Crippen LogP contribution in [0.3, 0.4) is 0 Å². The third-order valence-corrected chi connectivity index (χ3v) is 7.01. The van der Waals surface area contributed by atoms with Gasteiger partial charge >= 0.3 is 0 Å². The SMILES string of the molecule is CC1CCN(c2nc([C@H](C)NC(=O)[C@@H]3CCS(=O)(=O)C3)cc(=O)[nH]2)CC1. The molecular weight excluding hydrogens is 356 g/mol. The number of amides is 1. The molecule has 1 aromatic heterocycles. The number of sulfone groups is 1. The fourth-order valence-corrected chi connectivity index (χ4v) is 5.20. The summed E-state index contributed by atoms with van der Waals surface area (Å²) in [7, 11) is -3.11. The predicted molar refractivity (Wildman–Crippen MR) is 98.8 cm³/mol. The predicted octanol–water partition coefficient (Wildman–Crippen LogP) is 0.618. The zero-order chi connectivity index (χ0) is 18.9. The molecule has 0 aromatic carbocycles. The number of anilines is 1. The molecule has 9 heteroatoms. The number of carbonyl (C=O) groups excluding carboxylic acids is 1. The van der Waals surface area contributed by atoms with Gasteiger partial charge in [-0.15, -0.1) is 0 Å². The van der Waals surface area contributed by atoms with Crippen molar-refractivity contribution in [1.82, 2.24) is 15.3 Å². The van der Waals surface area contributed by atoms with Crippen LogP contribution in [-0.2, 0) is 14.6 Å². The molecule has 0 saturated carbocycles. The van der Waals surface area contributed by atoms with E-state index in [1.54, 1.807) is 6.92 Å². The molecule has 3 heterocycles. The molecule has 8 nitrogen and oxygen atoms in total. The van der Waals surface area contributed by atoms with Crippen molar-refractivity contribution in [2.45, 2.75) is 39.2 Å². The maximum absolute atomic E-state index is 12.3. The summed E-state index contributed by atoms with van der Waals surface area (Å²) >= 11 is 0. The Hall–Kier alpha value is -1.90. The zero-order valence-electron chi connectivity index (χ0n) is 15.2. The minimum atomic E-state index is -3.11. The van der Waals surface area contributed by atoms with Gasteiger partial charge in [0, 0.05) is 19.2 Å². The summed E-state index contributed by atoms with van der Waals surface area (Å²) in [6, 6.07) is 0.919. The number of aromatic nitrogens is 2. The maximum atomic E-state index is 12.3. The molecule has 0 bridgehead atoms. The van der Waals surface area contributed by atoms with E-state index in [-0.39, 0.29) is 23.0 Å². The summed E-state index contributed by atoms with van der Waals surface area (Å²) in [6.45, 7) is 5.65. The first-order chi connectivity index (χ1) is 12.2. The Kier molecular flexibility index (Phi) is 5.36. The molecule has 2 aliphatic rings. The second kappa shape index (κ2) is 7.38. The lowest BCUT2D eigenvalue weighted by molar-refractivity contribution is -0.124. The van der Waals surface area contributed by atoms with Gasteiger partial charge in [-0.2, -0.15) is 0 Å². The number of nitrogens with zero attached hydrogens (tertiary/aromatic N) is 2. The van der Waals surface area contributed by atoms with Crippen LogP contribution in [0.4, 0.5) is 5.95 Å². The summed E-state index contributed by atoms with van der Waals surface area (Å²) in [5, 5.41) is 2.80. The second-order valence-corrected chi connectivity index (χ2v) is 9.72. The molecule has 3 rings (SSSR count). The van der Waals surface area contributed by atoms with E-state index in [0.717, 1.165) is 25.9 Å². The molecule has 144 valence electrons. The summed E-state index contributed by atoms with van der Waals surface area (Å²) in [6.07, 6.45) is 2.45. The van der Waals surface area contributed by atoms with Crippen LogP contribution < -0.4 is 15.8 Å². The molecule has 2 aliphatic heterocycles. The Labute approximate surface area is 153 Å². The fraction of sp³-hybridized carbons (Fsp3) is 0.706. The molecule has 1 aromatic rings. The second-order valence-electron chi connectivity index (χ2n) is 7.49. The van der Waals surface area contributed by atoms with E-state index in [4.69, 9.17) is 0 Å². The molecular formula is C17H26N4O4S. The summed E-state index contributed by atoms with van der Waals surface area (Å²) in [5.41, 5.74) is 0.227. The van der Waals surface area contributed by atoms with Crippen LogP contribution in [0.15, 0.2) is 10.9 Å². The van der Waals surface area contributed by atoms with E-state index in [1.165, 1.54) is 6.07 Å². The molecule has 2 fully saturated rings. The average Bonchev–Trinajstić information content (AvgIpc) is 2.95. The molecule has 1 amide bonds. The quantitative estimate of drug-likeness (QED) is 0.789. The molecule has 0 unspecified atom stereocenters. The van der Waals surface area contributed by atoms with Crippen molar-refractivity contribution in [1.29, 1.82) is 0 Å². The van der Waals surface area contributed by atoms with E-state index in [0.29, 0.717) is 24.0 Å². The molecule has 2 N–H and O–H groups in total. The summed E-state index contributed by atoms with van der Waals surface area (Å²) in [5.74, 6) is 0.332. The monoisotopic (exact) mass is 382 g/mol. The largest absolute Gasteiger partial charge is 0.348 e. The van der Waals surface area contributed by atoms with Crippen molar-refractivity contribution in [3.05, 3.63) is 22.1 Å². The minimum Gasteiger partial charge on any atom is -0.348 e. The number of rotatable bonds is 4. The van der Waals surface area contributed by atoms with Gasteiger partial charge in [-0.25, -0.2) is 13.4 Å². The van der Waals surface area contributed by atoms with Gasteiger partial charge in [0.15, 0.2) is 9.84 Å². The minimum absolute atomic E-state index is 0.0558. The van der Waals surface area contributed by atoms with Crippen molar-refractivity contribution in [2.75, 3.05) is 29.5 Å². The topological polar surface area (TPSA) is 112 Å². The van der Waals surface area contributed by atoms with Crippen molar-refractivity contribution < 1.29 is 13.2 Å². The summed E-state index contributed by atoms with van der Waals surface area (Å²) < 4.78 is 23.1. The van der Waals surface area contributed by atoms with Crippen LogP contribution >= 0.6 is 0 Å². The first-order valence-electron chi connectivity index (χ1n) is 9.10. The average molecular weight is 382 g/mol. The number of H-pyrrole nitrogens is 1. The number of carbonyl (C=O) groups is 1. The lowest BCUT2D eigenvalue weighted by atomic mass is 10.00. The van der Waals surface area contributed by atoms with Gasteiger partial charge in [0.25, 0.3) is 5.56 Å². The highest BCUT2D eigenvalue weighted by Crippen LogP contribution is 2.22. The highest BCUT2D eigenvalue weighted by Gasteiger charge is 2.33. The van der Waals surface area contributed by atoms with Crippen LogP contribution in [0, 0.1) is 11.8 Å². The van der Waals surface area contributed by atoms with Crippen molar-refractivity contribution in [3.63, 3.8) is 0 Å². The van der Waals surface area contributed by atoms with Crippen LogP contribution in [0.25, 0.3) is 0 Å². The van der Waals surface area contributed by atoms with Gasteiger partial charge in [-0.3, -0.25) is 14.6 Å². The van der Waals surface area contributed by atoms with Gasteiger partial charge < -0.3 is 10.2 Å². The molecule has 2 atom stereocenters. The lowest BCUT2D eigenvalue weighted by Crippen LogP contribution is -2.37. The maximum Gasteiger partial charge on any atom is 0.252 e. The van der Waals surface area contributed by atoms with Crippen LogP contribution in [-0.4, -0.2) is 48.9 Å². The van der Waals surface area contributed by atoms with E-state index >= 15 is 0 Å². The molecule has 0 aliphatic carbocycles. The Bertz CT molecular complexity index is 827. The van der Waals surface area contributed by atoms with E-state index in [2.05, 4.69) is 27.1 Å². The Morgan fingerprint density at radius 2 is 2.04 bits per heavy atom. The highest BCUT2D eigenvalue weighted by atomic mass is 32.2. The first kappa shape index (κ1) is 18.9. The van der Waals surface area contributed by atoms with Crippen molar-refractivity contribution in [2.24, 2.45) is 11.8 Å². The van der Waals surface area contributed by atoms with Gasteiger partial charge in [-0.05, 0) is 32.1 Å². The lowest BCUT2D eigenvalue weighted by Gasteiger charge is -2.31. The molecule has 2 saturated heterocycles. The van der Waals surface area contributed by atoms with E-state index < -0.39 is 21.8 Å². The van der Waals surface area contributed by atoms with Gasteiger partial charge in [-0.1, -0.05) is 6.92 Å². The van der Waals surface area contributed by atoms with Crippen molar-refractivity contribution >= 4 is 21.7 Å². The normalized spacial score (nSPS) is 24.4. The number of aromatic amines is 1. The zero-order valence-corrected chi connectivity index (χ0v) is 16.0.